The molecule has 150 valence electrons. The average Bonchev–Trinajstić information content (AvgIpc) is 2.61. The van der Waals surface area contributed by atoms with Crippen molar-refractivity contribution in [1.29, 1.82) is 0 Å². The molecule has 1 N–H and O–H groups in total. The number of rotatable bonds is 5. The lowest BCUT2D eigenvalue weighted by molar-refractivity contribution is -0.235. The summed E-state index contributed by atoms with van der Waals surface area (Å²) in [5.74, 6) is -2.09. The fourth-order valence-corrected chi connectivity index (χ4v) is 4.29. The Morgan fingerprint density at radius 1 is 1.30 bits per heavy atom. The molecule has 2 saturated heterocycles. The summed E-state index contributed by atoms with van der Waals surface area (Å²) in [7, 11) is 0. The normalized spacial score (nSPS) is 23.3. The van der Waals surface area contributed by atoms with Gasteiger partial charge in [-0.05, 0) is 43.4 Å². The number of benzene rings is 1. The Balaban J connectivity index is 1.61. The van der Waals surface area contributed by atoms with Crippen LogP contribution in [0.25, 0.3) is 0 Å². The zero-order chi connectivity index (χ0) is 19.5. The summed E-state index contributed by atoms with van der Waals surface area (Å²) in [5.41, 5.74) is -0.720. The first kappa shape index (κ1) is 19.9. The number of halogens is 3. The zero-order valence-electron chi connectivity index (χ0n) is 15.0. The van der Waals surface area contributed by atoms with Crippen LogP contribution in [0.3, 0.4) is 0 Å². The molecule has 0 aliphatic carbocycles. The summed E-state index contributed by atoms with van der Waals surface area (Å²) >= 11 is 0. The van der Waals surface area contributed by atoms with Crippen molar-refractivity contribution in [2.45, 2.75) is 25.4 Å². The minimum atomic E-state index is -4.19. The highest BCUT2D eigenvalue weighted by Gasteiger charge is 2.55. The molecule has 1 spiro atoms. The number of likely N-dealkylation sites (tertiary alicyclic amines) is 1. The van der Waals surface area contributed by atoms with Crippen molar-refractivity contribution >= 4 is 5.97 Å². The lowest BCUT2D eigenvalue weighted by atomic mass is 9.66. The van der Waals surface area contributed by atoms with E-state index in [1.807, 2.05) is 4.90 Å². The van der Waals surface area contributed by atoms with Crippen molar-refractivity contribution in [3.63, 3.8) is 0 Å². The molecule has 0 radical (unpaired) electrons. The molecular formula is C19H24F3NO4. The minimum absolute atomic E-state index is 0.0779. The molecule has 1 aromatic rings. The van der Waals surface area contributed by atoms with Crippen molar-refractivity contribution in [3.8, 4) is 5.75 Å². The summed E-state index contributed by atoms with van der Waals surface area (Å²) in [6.45, 7) is 2.14. The largest absolute Gasteiger partial charge is 0.491 e. The molecule has 1 atom stereocenters. The second-order valence-corrected chi connectivity index (χ2v) is 7.28. The van der Waals surface area contributed by atoms with Crippen LogP contribution in [0.5, 0.6) is 5.75 Å². The second kappa shape index (κ2) is 8.06. The first-order chi connectivity index (χ1) is 12.8. The molecule has 8 heteroatoms. The highest BCUT2D eigenvalue weighted by molar-refractivity contribution is 5.90. The van der Waals surface area contributed by atoms with Crippen molar-refractivity contribution in [1.82, 2.24) is 4.90 Å². The SMILES string of the molecule is O=C(O)c1ccccc1OCCN1CC[C@@H](C(F)(F)F)C2(CCOCC2)C1. The zero-order valence-corrected chi connectivity index (χ0v) is 15.0. The van der Waals surface area contributed by atoms with E-state index in [0.717, 1.165) is 0 Å². The minimum Gasteiger partial charge on any atom is -0.491 e. The van der Waals surface area contributed by atoms with Gasteiger partial charge in [0.15, 0.2) is 0 Å². The van der Waals surface area contributed by atoms with E-state index in [1.54, 1.807) is 18.2 Å². The first-order valence-electron chi connectivity index (χ1n) is 9.14. The van der Waals surface area contributed by atoms with Crippen LogP contribution >= 0.6 is 0 Å². The Hall–Kier alpha value is -1.80. The second-order valence-electron chi connectivity index (χ2n) is 7.28. The van der Waals surface area contributed by atoms with Gasteiger partial charge in [0.05, 0.1) is 5.92 Å². The van der Waals surface area contributed by atoms with Crippen molar-refractivity contribution in [3.05, 3.63) is 29.8 Å². The third-order valence-electron chi connectivity index (χ3n) is 5.68. The highest BCUT2D eigenvalue weighted by atomic mass is 19.4. The first-order valence-corrected chi connectivity index (χ1v) is 9.14. The fraction of sp³-hybridized carbons (Fsp3) is 0.632. The molecule has 3 rings (SSSR count). The molecule has 0 unspecified atom stereocenters. The van der Waals surface area contributed by atoms with Crippen LogP contribution in [0, 0.1) is 11.3 Å². The molecular weight excluding hydrogens is 363 g/mol. The molecule has 0 aromatic heterocycles. The Morgan fingerprint density at radius 3 is 2.67 bits per heavy atom. The summed E-state index contributed by atoms with van der Waals surface area (Å²) in [6.07, 6.45) is -3.29. The quantitative estimate of drug-likeness (QED) is 0.839. The topological polar surface area (TPSA) is 59.0 Å². The maximum Gasteiger partial charge on any atom is 0.392 e. The van der Waals surface area contributed by atoms with E-state index < -0.39 is 23.5 Å². The van der Waals surface area contributed by atoms with Gasteiger partial charge in [0, 0.05) is 26.3 Å². The number of ether oxygens (including phenoxy) is 2. The van der Waals surface area contributed by atoms with Crippen molar-refractivity contribution in [2.75, 3.05) is 39.5 Å². The number of hydrogen-bond donors (Lipinski definition) is 1. The van der Waals surface area contributed by atoms with Gasteiger partial charge in [-0.25, -0.2) is 4.79 Å². The molecule has 2 fully saturated rings. The van der Waals surface area contributed by atoms with Gasteiger partial charge in [0.25, 0.3) is 0 Å². The van der Waals surface area contributed by atoms with E-state index >= 15 is 0 Å². The lowest BCUT2D eigenvalue weighted by Gasteiger charge is -2.50. The number of aromatic carboxylic acids is 1. The van der Waals surface area contributed by atoms with Gasteiger partial charge in [-0.3, -0.25) is 4.90 Å². The standard InChI is InChI=1S/C19H24F3NO4/c20-19(21,22)16-5-8-23(13-18(16)6-10-26-11-7-18)9-12-27-15-4-2-1-3-14(15)17(24)25/h1-4,16H,5-13H2,(H,24,25)/t16-/m1/s1. The van der Waals surface area contributed by atoms with Crippen LogP contribution in [-0.4, -0.2) is 61.6 Å². The van der Waals surface area contributed by atoms with E-state index in [0.29, 0.717) is 45.7 Å². The lowest BCUT2D eigenvalue weighted by Crippen LogP contribution is -2.56. The van der Waals surface area contributed by atoms with E-state index in [-0.39, 0.29) is 24.3 Å². The number of carboxylic acid groups (broad SMARTS) is 1. The molecule has 1 aromatic carbocycles. The smallest absolute Gasteiger partial charge is 0.392 e. The third kappa shape index (κ3) is 4.55. The van der Waals surface area contributed by atoms with Gasteiger partial charge >= 0.3 is 12.1 Å². The highest BCUT2D eigenvalue weighted by Crippen LogP contribution is 2.50. The third-order valence-corrected chi connectivity index (χ3v) is 5.68. The maximum absolute atomic E-state index is 13.6. The monoisotopic (exact) mass is 387 g/mol. The number of carbonyl (C=O) groups is 1. The summed E-state index contributed by atoms with van der Waals surface area (Å²) < 4.78 is 51.6. The Labute approximate surface area is 156 Å². The van der Waals surface area contributed by atoms with Crippen LogP contribution in [0.2, 0.25) is 0 Å². The number of para-hydroxylation sites is 1. The van der Waals surface area contributed by atoms with Crippen LogP contribution in [0.4, 0.5) is 13.2 Å². The average molecular weight is 387 g/mol. The van der Waals surface area contributed by atoms with Gasteiger partial charge in [0.1, 0.15) is 17.9 Å². The number of carboxylic acids is 1. The number of nitrogens with zero attached hydrogens (tertiary/aromatic N) is 1. The molecule has 27 heavy (non-hydrogen) atoms. The number of hydrogen-bond acceptors (Lipinski definition) is 4. The Kier molecular flexibility index (Phi) is 5.95. The van der Waals surface area contributed by atoms with Crippen LogP contribution in [-0.2, 0) is 4.74 Å². The summed E-state index contributed by atoms with van der Waals surface area (Å²) in [6, 6.07) is 6.35. The summed E-state index contributed by atoms with van der Waals surface area (Å²) in [5, 5.41) is 9.18. The molecule has 2 heterocycles. The molecule has 2 aliphatic rings. The van der Waals surface area contributed by atoms with Crippen molar-refractivity contribution in [2.24, 2.45) is 11.3 Å². The van der Waals surface area contributed by atoms with E-state index in [1.165, 1.54) is 6.07 Å². The fourth-order valence-electron chi connectivity index (χ4n) is 4.29. The van der Waals surface area contributed by atoms with Gasteiger partial charge in [0.2, 0.25) is 0 Å². The maximum atomic E-state index is 13.6. The van der Waals surface area contributed by atoms with Crippen molar-refractivity contribution < 1.29 is 32.5 Å². The van der Waals surface area contributed by atoms with E-state index in [9.17, 15) is 23.1 Å². The van der Waals surface area contributed by atoms with Gasteiger partial charge < -0.3 is 14.6 Å². The Bertz CT molecular complexity index is 659. The predicted molar refractivity (Wildman–Crippen MR) is 92.0 cm³/mol. The predicted octanol–water partition coefficient (Wildman–Crippen LogP) is 3.44. The molecule has 2 aliphatic heterocycles. The van der Waals surface area contributed by atoms with E-state index in [4.69, 9.17) is 9.47 Å². The van der Waals surface area contributed by atoms with Crippen LogP contribution in [0.1, 0.15) is 29.6 Å². The van der Waals surface area contributed by atoms with Gasteiger partial charge in [-0.2, -0.15) is 13.2 Å². The van der Waals surface area contributed by atoms with Crippen LogP contribution < -0.4 is 4.74 Å². The van der Waals surface area contributed by atoms with Gasteiger partial charge in [-0.1, -0.05) is 12.1 Å². The molecule has 5 nitrogen and oxygen atoms in total. The van der Waals surface area contributed by atoms with Gasteiger partial charge in [-0.15, -0.1) is 0 Å². The molecule has 0 bridgehead atoms. The molecule has 0 saturated carbocycles. The summed E-state index contributed by atoms with van der Waals surface area (Å²) in [4.78, 5) is 13.2. The Morgan fingerprint density at radius 2 is 2.00 bits per heavy atom. The number of alkyl halides is 3. The molecule has 0 amide bonds. The van der Waals surface area contributed by atoms with Crippen LogP contribution in [0.15, 0.2) is 24.3 Å². The van der Waals surface area contributed by atoms with E-state index in [2.05, 4.69) is 0 Å². The number of piperidine rings is 1.